The molecular weight excluding hydrogens is 318 g/mol. The van der Waals surface area contributed by atoms with Gasteiger partial charge in [0.1, 0.15) is 0 Å². The van der Waals surface area contributed by atoms with Crippen LogP contribution in [0.4, 0.5) is 0 Å². The Morgan fingerprint density at radius 1 is 0.696 bits per heavy atom. The summed E-state index contributed by atoms with van der Waals surface area (Å²) in [6.07, 6.45) is 9.94. The third kappa shape index (κ3) is 192. The SMILES string of the molecule is CC=CC=CC.C[N-]C.C[N-]C.C[N-]C.[CH-]=C(C)C=C(C)C.[Ti+4]. The molecule has 0 radical (unpaired) electrons. The quantitative estimate of drug-likeness (QED) is 0.315. The predicted molar refractivity (Wildman–Crippen MR) is 108 cm³/mol. The van der Waals surface area contributed by atoms with E-state index < -0.39 is 0 Å². The van der Waals surface area contributed by atoms with Crippen molar-refractivity contribution in [3.63, 3.8) is 0 Å². The topological polar surface area (TPSA) is 42.3 Å². The molecule has 0 aromatic heterocycles. The summed E-state index contributed by atoms with van der Waals surface area (Å²) < 4.78 is 0. The third-order valence-electron chi connectivity index (χ3n) is 1.01. The average molecular weight is 357 g/mol. The second-order valence-electron chi connectivity index (χ2n) is 4.36. The third-order valence-corrected chi connectivity index (χ3v) is 1.01. The van der Waals surface area contributed by atoms with E-state index in [0.717, 1.165) is 5.57 Å². The molecule has 23 heavy (non-hydrogen) atoms. The van der Waals surface area contributed by atoms with Crippen molar-refractivity contribution in [1.82, 2.24) is 0 Å². The van der Waals surface area contributed by atoms with Crippen molar-refractivity contribution in [2.75, 3.05) is 42.3 Å². The number of hydrogen-bond acceptors (Lipinski definition) is 0. The van der Waals surface area contributed by atoms with Crippen molar-refractivity contribution >= 4 is 0 Å². The standard InChI is InChI=1S/C7H11.C6H10.3C2H6N.Ti/c1-6(2)5-7(3)4;1-3-5-6-4-2;3*1-3-2;/h1,5H,2-4H3;3-6H,1-2H3;3*1-2H3;/q-1;;3*-1;+4. The molecule has 0 saturated carbocycles. The minimum atomic E-state index is 0. The van der Waals surface area contributed by atoms with E-state index in [4.69, 9.17) is 6.58 Å². The Kier molecular flexibility index (Phi) is 82.4. The first-order valence-electron chi connectivity index (χ1n) is 7.20. The number of allylic oxidation sites excluding steroid dienone is 7. The molecule has 0 rings (SSSR count). The maximum absolute atomic E-state index is 5.33. The Morgan fingerprint density at radius 2 is 0.913 bits per heavy atom. The summed E-state index contributed by atoms with van der Waals surface area (Å²) in [5.74, 6) is 0. The summed E-state index contributed by atoms with van der Waals surface area (Å²) in [5.41, 5.74) is 2.13. The molecule has 4 heteroatoms. The van der Waals surface area contributed by atoms with Crippen LogP contribution < -0.4 is 0 Å². The predicted octanol–water partition coefficient (Wildman–Crippen LogP) is 6.33. The minimum absolute atomic E-state index is 0. The van der Waals surface area contributed by atoms with E-state index in [9.17, 15) is 0 Å². The molecule has 0 N–H and O–H groups in total. The second kappa shape index (κ2) is 49.6. The maximum Gasteiger partial charge on any atom is 4.00 e. The fourth-order valence-electron chi connectivity index (χ4n) is 0.678. The van der Waals surface area contributed by atoms with Crippen molar-refractivity contribution in [2.24, 2.45) is 0 Å². The van der Waals surface area contributed by atoms with Gasteiger partial charge in [0.05, 0.1) is 0 Å². The van der Waals surface area contributed by atoms with Gasteiger partial charge in [-0.1, -0.05) is 45.1 Å². The van der Waals surface area contributed by atoms with E-state index in [0.29, 0.717) is 0 Å². The summed E-state index contributed by atoms with van der Waals surface area (Å²) >= 11 is 0. The second-order valence-corrected chi connectivity index (χ2v) is 4.36. The Balaban J connectivity index is -0.0000000412. The van der Waals surface area contributed by atoms with E-state index in [1.807, 2.05) is 65.0 Å². The van der Waals surface area contributed by atoms with Gasteiger partial charge in [0, 0.05) is 0 Å². The van der Waals surface area contributed by atoms with Crippen LogP contribution in [0.25, 0.3) is 16.0 Å². The molecule has 0 bridgehead atoms. The normalized spacial score (nSPS) is 7.78. The van der Waals surface area contributed by atoms with Gasteiger partial charge in [0.15, 0.2) is 0 Å². The molecule has 0 amide bonds. The Morgan fingerprint density at radius 3 is 0.957 bits per heavy atom. The first kappa shape index (κ1) is 38.2. The first-order chi connectivity index (χ1) is 10.3. The van der Waals surface area contributed by atoms with Gasteiger partial charge in [-0.25, -0.2) is 11.6 Å². The van der Waals surface area contributed by atoms with Crippen LogP contribution in [0.3, 0.4) is 0 Å². The van der Waals surface area contributed by atoms with E-state index in [2.05, 4.69) is 16.0 Å². The van der Waals surface area contributed by atoms with Crippen molar-refractivity contribution in [2.45, 2.75) is 34.6 Å². The first-order valence-corrected chi connectivity index (χ1v) is 7.20. The summed E-state index contributed by atoms with van der Waals surface area (Å²) in [6.45, 7) is 15.3. The van der Waals surface area contributed by atoms with E-state index >= 15 is 0 Å². The average Bonchev–Trinajstić information content (AvgIpc) is 2.38. The number of nitrogens with zero attached hydrogens (tertiary/aromatic N) is 3. The van der Waals surface area contributed by atoms with Gasteiger partial charge in [0.2, 0.25) is 0 Å². The Bertz CT molecular complexity index is 239. The summed E-state index contributed by atoms with van der Waals surface area (Å²) in [5, 5.41) is 10.5. The van der Waals surface area contributed by atoms with Crippen LogP contribution in [0.15, 0.2) is 41.5 Å². The van der Waals surface area contributed by atoms with Gasteiger partial charge in [-0.3, -0.25) is 6.58 Å². The van der Waals surface area contributed by atoms with Crippen LogP contribution >= 0.6 is 0 Å². The molecule has 0 atom stereocenters. The van der Waals surface area contributed by atoms with Gasteiger partial charge in [0.25, 0.3) is 0 Å². The van der Waals surface area contributed by atoms with Crippen molar-refractivity contribution < 1.29 is 21.7 Å². The van der Waals surface area contributed by atoms with Gasteiger partial charge in [-0.2, -0.15) is 47.9 Å². The van der Waals surface area contributed by atoms with E-state index in [-0.39, 0.29) is 21.7 Å². The molecule has 0 aliphatic carbocycles. The zero-order chi connectivity index (χ0) is 18.8. The zero-order valence-electron chi connectivity index (χ0n) is 17.3. The van der Waals surface area contributed by atoms with E-state index in [1.54, 1.807) is 42.3 Å². The fraction of sp³-hybridized carbons (Fsp3) is 0.579. The number of hydrogen-bond donors (Lipinski definition) is 0. The van der Waals surface area contributed by atoms with Crippen LogP contribution in [0.5, 0.6) is 0 Å². The zero-order valence-corrected chi connectivity index (χ0v) is 18.9. The molecule has 0 spiro atoms. The molecule has 0 aromatic rings. The van der Waals surface area contributed by atoms with Crippen LogP contribution in [0.2, 0.25) is 0 Å². The minimum Gasteiger partial charge on any atom is -0.668 e. The van der Waals surface area contributed by atoms with Gasteiger partial charge >= 0.3 is 21.7 Å². The molecule has 0 fully saturated rings. The molecule has 0 aliphatic heterocycles. The van der Waals surface area contributed by atoms with Gasteiger partial charge in [-0.05, 0) is 13.8 Å². The number of rotatable bonds is 2. The summed E-state index contributed by atoms with van der Waals surface area (Å²) in [4.78, 5) is 0. The van der Waals surface area contributed by atoms with Crippen molar-refractivity contribution in [1.29, 1.82) is 0 Å². The molecule has 3 nitrogen and oxygen atoms in total. The summed E-state index contributed by atoms with van der Waals surface area (Å²) in [6, 6.07) is 0. The van der Waals surface area contributed by atoms with Gasteiger partial charge in [-0.15, -0.1) is 0 Å². The van der Waals surface area contributed by atoms with Gasteiger partial charge < -0.3 is 16.0 Å². The molecule has 0 aliphatic rings. The Hall–Kier alpha value is -0.446. The monoisotopic (exact) mass is 357 g/mol. The van der Waals surface area contributed by atoms with Crippen molar-refractivity contribution in [3.8, 4) is 0 Å². The van der Waals surface area contributed by atoms with Crippen LogP contribution in [-0.4, -0.2) is 42.3 Å². The Labute approximate surface area is 162 Å². The molecule has 0 heterocycles. The fourth-order valence-corrected chi connectivity index (χ4v) is 0.678. The largest absolute Gasteiger partial charge is 4.00 e. The van der Waals surface area contributed by atoms with Crippen molar-refractivity contribution in [3.05, 3.63) is 64.1 Å². The van der Waals surface area contributed by atoms with Crippen LogP contribution in [0.1, 0.15) is 34.6 Å². The molecule has 0 unspecified atom stereocenters. The maximum atomic E-state index is 5.33. The smallest absolute Gasteiger partial charge is 0.668 e. The molecule has 0 saturated heterocycles. The molecule has 0 aromatic carbocycles. The molecule has 134 valence electrons. The van der Waals surface area contributed by atoms with E-state index in [1.165, 1.54) is 5.57 Å². The van der Waals surface area contributed by atoms with Crippen LogP contribution in [0, 0.1) is 6.58 Å². The van der Waals surface area contributed by atoms with Crippen LogP contribution in [-0.2, 0) is 21.7 Å². The molecular formula is C19H39N3Ti. The summed E-state index contributed by atoms with van der Waals surface area (Å²) in [7, 11) is 10.5.